The number of rotatable bonds is 7. The molecule has 1 aromatic carbocycles. The molecule has 108 valence electrons. The summed E-state index contributed by atoms with van der Waals surface area (Å²) >= 11 is 0. The molecule has 0 bridgehead atoms. The Morgan fingerprint density at radius 3 is 2.26 bits per heavy atom. The first-order chi connectivity index (χ1) is 8.92. The summed E-state index contributed by atoms with van der Waals surface area (Å²) < 4.78 is 0. The van der Waals surface area contributed by atoms with Gasteiger partial charge in [-0.3, -0.25) is 0 Å². The molecule has 0 atom stereocenters. The van der Waals surface area contributed by atoms with E-state index < -0.39 is 0 Å². The summed E-state index contributed by atoms with van der Waals surface area (Å²) in [5.74, 6) is 0. The topological polar surface area (TPSA) is 12.0 Å². The van der Waals surface area contributed by atoms with Crippen LogP contribution in [0.2, 0.25) is 0 Å². The standard InChI is InChI=1S/C18H31N/c1-7-18(8-2,13-19-14(3)4)12-17-11-15(5)9-10-16(17)6/h9-11,14,19H,7-8,12-13H2,1-6H3. The number of benzene rings is 1. The lowest BCUT2D eigenvalue weighted by Gasteiger charge is -2.34. The molecule has 19 heavy (non-hydrogen) atoms. The Morgan fingerprint density at radius 2 is 1.74 bits per heavy atom. The minimum absolute atomic E-state index is 0.392. The molecule has 1 heteroatoms. The van der Waals surface area contributed by atoms with Gasteiger partial charge in [-0.2, -0.15) is 0 Å². The van der Waals surface area contributed by atoms with E-state index in [0.717, 1.165) is 6.54 Å². The van der Waals surface area contributed by atoms with Gasteiger partial charge in [0.25, 0.3) is 0 Å². The average Bonchev–Trinajstić information content (AvgIpc) is 2.38. The zero-order valence-corrected chi connectivity index (χ0v) is 13.6. The van der Waals surface area contributed by atoms with Gasteiger partial charge < -0.3 is 5.32 Å². The lowest BCUT2D eigenvalue weighted by Crippen LogP contribution is -2.38. The van der Waals surface area contributed by atoms with Gasteiger partial charge in [-0.25, -0.2) is 0 Å². The van der Waals surface area contributed by atoms with Crippen molar-refractivity contribution >= 4 is 0 Å². The molecule has 1 rings (SSSR count). The fourth-order valence-electron chi connectivity index (χ4n) is 2.63. The largest absolute Gasteiger partial charge is 0.314 e. The van der Waals surface area contributed by atoms with Crippen molar-refractivity contribution in [3.63, 3.8) is 0 Å². The maximum absolute atomic E-state index is 3.64. The maximum atomic E-state index is 3.64. The van der Waals surface area contributed by atoms with E-state index >= 15 is 0 Å². The highest BCUT2D eigenvalue weighted by atomic mass is 14.9. The Morgan fingerprint density at radius 1 is 1.11 bits per heavy atom. The fraction of sp³-hybridized carbons (Fsp3) is 0.667. The highest BCUT2D eigenvalue weighted by Crippen LogP contribution is 2.32. The van der Waals surface area contributed by atoms with Crippen LogP contribution in [0.3, 0.4) is 0 Å². The van der Waals surface area contributed by atoms with Crippen LogP contribution in [0.1, 0.15) is 57.2 Å². The van der Waals surface area contributed by atoms with Crippen LogP contribution in [0.5, 0.6) is 0 Å². The molecule has 1 aromatic rings. The molecule has 0 saturated carbocycles. The zero-order chi connectivity index (χ0) is 14.5. The van der Waals surface area contributed by atoms with Gasteiger partial charge in [0, 0.05) is 12.6 Å². The summed E-state index contributed by atoms with van der Waals surface area (Å²) in [6, 6.07) is 7.41. The number of nitrogens with one attached hydrogen (secondary N) is 1. The molecule has 0 fully saturated rings. The van der Waals surface area contributed by atoms with E-state index in [2.05, 4.69) is 65.1 Å². The fourth-order valence-corrected chi connectivity index (χ4v) is 2.63. The Kier molecular flexibility index (Phi) is 6.06. The molecule has 0 aliphatic carbocycles. The third kappa shape index (κ3) is 4.65. The second-order valence-corrected chi connectivity index (χ2v) is 6.35. The normalized spacial score (nSPS) is 12.2. The van der Waals surface area contributed by atoms with Crippen molar-refractivity contribution in [3.05, 3.63) is 34.9 Å². The summed E-state index contributed by atoms with van der Waals surface area (Å²) in [7, 11) is 0. The van der Waals surface area contributed by atoms with Crippen LogP contribution >= 0.6 is 0 Å². The van der Waals surface area contributed by atoms with Gasteiger partial charge in [-0.05, 0) is 49.7 Å². The van der Waals surface area contributed by atoms with E-state index in [1.807, 2.05) is 0 Å². The number of aryl methyl sites for hydroxylation is 2. The van der Waals surface area contributed by atoms with Gasteiger partial charge in [0.2, 0.25) is 0 Å². The van der Waals surface area contributed by atoms with Gasteiger partial charge in [0.05, 0.1) is 0 Å². The number of hydrogen-bond donors (Lipinski definition) is 1. The molecule has 0 aromatic heterocycles. The minimum atomic E-state index is 0.392. The van der Waals surface area contributed by atoms with Crippen LogP contribution in [-0.2, 0) is 6.42 Å². The first kappa shape index (κ1) is 16.2. The summed E-state index contributed by atoms with van der Waals surface area (Å²) in [4.78, 5) is 0. The van der Waals surface area contributed by atoms with Gasteiger partial charge in [-0.15, -0.1) is 0 Å². The van der Waals surface area contributed by atoms with E-state index in [9.17, 15) is 0 Å². The predicted molar refractivity (Wildman–Crippen MR) is 85.8 cm³/mol. The van der Waals surface area contributed by atoms with E-state index in [0.29, 0.717) is 11.5 Å². The molecule has 0 saturated heterocycles. The molecule has 1 nitrogen and oxygen atoms in total. The Hall–Kier alpha value is -0.820. The lowest BCUT2D eigenvalue weighted by molar-refractivity contribution is 0.239. The average molecular weight is 261 g/mol. The quantitative estimate of drug-likeness (QED) is 0.753. The summed E-state index contributed by atoms with van der Waals surface area (Å²) in [5, 5.41) is 3.64. The molecular weight excluding hydrogens is 230 g/mol. The van der Waals surface area contributed by atoms with Crippen molar-refractivity contribution in [2.24, 2.45) is 5.41 Å². The third-order valence-electron chi connectivity index (χ3n) is 4.46. The van der Waals surface area contributed by atoms with Crippen LogP contribution in [0.4, 0.5) is 0 Å². The monoisotopic (exact) mass is 261 g/mol. The van der Waals surface area contributed by atoms with Crippen LogP contribution in [0.15, 0.2) is 18.2 Å². The third-order valence-corrected chi connectivity index (χ3v) is 4.46. The number of hydrogen-bond acceptors (Lipinski definition) is 1. The van der Waals surface area contributed by atoms with E-state index in [-0.39, 0.29) is 0 Å². The molecular formula is C18H31N. The molecule has 0 unspecified atom stereocenters. The Balaban J connectivity index is 2.90. The molecule has 1 N–H and O–H groups in total. The second-order valence-electron chi connectivity index (χ2n) is 6.35. The van der Waals surface area contributed by atoms with Crippen molar-refractivity contribution < 1.29 is 0 Å². The Labute approximate surface area is 119 Å². The highest BCUT2D eigenvalue weighted by Gasteiger charge is 2.27. The SMILES string of the molecule is CCC(CC)(CNC(C)C)Cc1cc(C)ccc1C. The van der Waals surface area contributed by atoms with Crippen LogP contribution in [0.25, 0.3) is 0 Å². The van der Waals surface area contributed by atoms with Gasteiger partial charge in [0.1, 0.15) is 0 Å². The van der Waals surface area contributed by atoms with Crippen molar-refractivity contribution in [2.75, 3.05) is 6.54 Å². The van der Waals surface area contributed by atoms with Crippen LogP contribution < -0.4 is 5.32 Å². The molecule has 0 spiro atoms. The summed E-state index contributed by atoms with van der Waals surface area (Å²) in [6.45, 7) is 14.7. The van der Waals surface area contributed by atoms with Gasteiger partial charge in [0.15, 0.2) is 0 Å². The molecule has 0 aliphatic heterocycles. The van der Waals surface area contributed by atoms with E-state index in [1.165, 1.54) is 36.0 Å². The molecule has 0 aliphatic rings. The smallest absolute Gasteiger partial charge is 0.00132 e. The summed E-state index contributed by atoms with van der Waals surface area (Å²) in [6.07, 6.45) is 3.65. The molecule has 0 amide bonds. The minimum Gasteiger partial charge on any atom is -0.314 e. The van der Waals surface area contributed by atoms with Crippen molar-refractivity contribution in [1.82, 2.24) is 5.32 Å². The van der Waals surface area contributed by atoms with Gasteiger partial charge in [-0.1, -0.05) is 51.5 Å². The van der Waals surface area contributed by atoms with Crippen molar-refractivity contribution in [1.29, 1.82) is 0 Å². The van der Waals surface area contributed by atoms with E-state index in [4.69, 9.17) is 0 Å². The van der Waals surface area contributed by atoms with Crippen LogP contribution in [-0.4, -0.2) is 12.6 Å². The first-order valence-corrected chi connectivity index (χ1v) is 7.72. The summed E-state index contributed by atoms with van der Waals surface area (Å²) in [5.41, 5.74) is 4.72. The van der Waals surface area contributed by atoms with Crippen LogP contribution in [0, 0.1) is 19.3 Å². The predicted octanol–water partition coefficient (Wildman–Crippen LogP) is 4.65. The van der Waals surface area contributed by atoms with Crippen molar-refractivity contribution in [3.8, 4) is 0 Å². The Bertz CT molecular complexity index is 389. The zero-order valence-electron chi connectivity index (χ0n) is 13.6. The van der Waals surface area contributed by atoms with Gasteiger partial charge >= 0.3 is 0 Å². The van der Waals surface area contributed by atoms with E-state index in [1.54, 1.807) is 0 Å². The molecule has 0 radical (unpaired) electrons. The lowest BCUT2D eigenvalue weighted by atomic mass is 9.75. The first-order valence-electron chi connectivity index (χ1n) is 7.72. The maximum Gasteiger partial charge on any atom is 0.00132 e. The second kappa shape index (κ2) is 7.09. The molecule has 0 heterocycles. The van der Waals surface area contributed by atoms with Crippen molar-refractivity contribution in [2.45, 2.75) is 66.8 Å². The highest BCUT2D eigenvalue weighted by molar-refractivity contribution is 5.31.